The first kappa shape index (κ1) is 24.5. The summed E-state index contributed by atoms with van der Waals surface area (Å²) in [5, 5.41) is -11.5. The van der Waals surface area contributed by atoms with Crippen LogP contribution in [0.2, 0.25) is 0 Å². The maximum Gasteiger partial charge on any atom is 0.360 e. The highest BCUT2D eigenvalue weighted by Crippen LogP contribution is 2.35. The molecule has 4 atom stereocenters. The van der Waals surface area contributed by atoms with E-state index in [1.165, 1.54) is 0 Å². The normalized spacial score (nSPS) is 53.2. The van der Waals surface area contributed by atoms with Gasteiger partial charge in [-0.3, -0.25) is 0 Å². The van der Waals surface area contributed by atoms with Gasteiger partial charge in [-0.25, -0.2) is 21.5 Å². The summed E-state index contributed by atoms with van der Waals surface area (Å²) in [5.41, 5.74) is 0. The molecule has 0 amide bonds. The Morgan fingerprint density at radius 2 is 0.742 bits per heavy atom. The predicted octanol–water partition coefficient (Wildman–Crippen LogP) is -9.02. The highest BCUT2D eigenvalue weighted by Gasteiger charge is 2.85. The molecular weight excluding hydrogens is 454 g/mol. The number of nitrogens with two attached hydrogens (primary N) is 10. The lowest BCUT2D eigenvalue weighted by Gasteiger charge is -2.36. The molecule has 29 heteroatoms. The predicted molar refractivity (Wildman–Crippen MR) is 66.5 cm³/mol. The molecule has 3 fully saturated rings. The Bertz CT molecular complexity index is 641. The number of fused-ring (bicyclic) bond motifs is 3. The summed E-state index contributed by atoms with van der Waals surface area (Å²) in [5.74, 6) is 55.0. The van der Waals surface area contributed by atoms with Crippen molar-refractivity contribution in [1.82, 2.24) is 0 Å². The van der Waals surface area contributed by atoms with Crippen LogP contribution in [0.25, 0.3) is 0 Å². The summed E-state index contributed by atoms with van der Waals surface area (Å²) < 4.78 is 0. The second-order valence-corrected chi connectivity index (χ2v) is 5.58. The molecule has 31 heavy (non-hydrogen) atoms. The van der Waals surface area contributed by atoms with Crippen LogP contribution < -0.4 is 58.6 Å². The van der Waals surface area contributed by atoms with Crippen molar-refractivity contribution in [3.05, 3.63) is 0 Å². The molecule has 0 spiro atoms. The second kappa shape index (κ2) is 7.43. The first-order valence-corrected chi connectivity index (χ1v) is 7.19. The van der Waals surface area contributed by atoms with Crippen molar-refractivity contribution < 1.29 is 94.3 Å². The standard InChI is InChI=1S/C2H24N17O12/c3-13(1-20-10)23-16(6)24-14(4,2-21-11)26-18(8)28-15(5,22-12)27-17(7,25-13)30-19(9,29-16)31-18/h1-12H2/q+7. The van der Waals surface area contributed by atoms with E-state index in [2.05, 4.69) is 14.6 Å². The number of rotatable bonds is 5. The molecule has 0 aliphatic carbocycles. The minimum absolute atomic E-state index is 0.968. The van der Waals surface area contributed by atoms with E-state index >= 15 is 0 Å². The van der Waals surface area contributed by atoms with Crippen LogP contribution in [-0.2, 0) is 59.1 Å². The maximum atomic E-state index is 5.78. The molecule has 4 unspecified atom stereocenters. The molecule has 29 nitrogen and oxygen atoms in total. The van der Waals surface area contributed by atoms with Gasteiger partial charge in [-0.1, -0.05) is 29.2 Å². The van der Waals surface area contributed by atoms with E-state index in [0.717, 1.165) is 0 Å². The van der Waals surface area contributed by atoms with Crippen LogP contribution in [0.5, 0.6) is 0 Å². The lowest BCUT2D eigenvalue weighted by atomic mass is 11.3. The topological polar surface area (TPSA) is 371 Å². The monoisotopic (exact) mass is 478 g/mol. The van der Waals surface area contributed by atoms with Crippen LogP contribution >= 0.6 is 0 Å². The zero-order chi connectivity index (χ0) is 23.4. The molecule has 3 saturated heterocycles. The first-order chi connectivity index (χ1) is 14.0. The third-order valence-corrected chi connectivity index (χ3v) is 2.80. The van der Waals surface area contributed by atoms with Gasteiger partial charge in [-0.05, 0) is 4.94 Å². The molecule has 3 aliphatic rings. The van der Waals surface area contributed by atoms with E-state index in [4.69, 9.17) is 103 Å². The van der Waals surface area contributed by atoms with Crippen molar-refractivity contribution in [2.24, 2.45) is 58.6 Å². The minimum Gasteiger partial charge on any atom is -0.240 e. The fourth-order valence-electron chi connectivity index (χ4n) is 2.13. The fourth-order valence-corrected chi connectivity index (χ4v) is 2.13. The van der Waals surface area contributed by atoms with Crippen LogP contribution in [0.1, 0.15) is 0 Å². The Kier molecular flexibility index (Phi) is 5.87. The molecule has 20 N–H and O–H groups in total. The van der Waals surface area contributed by atoms with E-state index in [9.17, 15) is 0 Å². The molecular formula is C2H24N17O12+7. The first-order valence-electron chi connectivity index (χ1n) is 7.19. The van der Waals surface area contributed by atoms with Crippen molar-refractivity contribution in [3.63, 3.8) is 0 Å². The largest absolute Gasteiger partial charge is 0.360 e. The second-order valence-electron chi connectivity index (χ2n) is 5.58. The molecule has 182 valence electrons. The van der Waals surface area contributed by atoms with Gasteiger partial charge in [0.1, 0.15) is 0 Å². The highest BCUT2D eigenvalue weighted by molar-refractivity contribution is 3.80. The zero-order valence-electron chi connectivity index (χ0n) is 15.2. The number of hydrogen-bond donors (Lipinski definition) is 10. The van der Waals surface area contributed by atoms with Crippen LogP contribution in [-0.4, -0.2) is 48.7 Å². The van der Waals surface area contributed by atoms with Gasteiger partial charge in [0.2, 0.25) is 24.7 Å². The smallest absolute Gasteiger partial charge is 0.240 e. The SMILES string of the molecule is NOC[N+]1(N)O[N+]2(N)O[N+](N)(CON)O[N+]3(N)O[N+](N)(ON)O[N+](N)(O1)O[N+](N)(O2)O3. The third kappa shape index (κ3) is 5.10. The Morgan fingerprint density at radius 1 is 0.452 bits per heavy atom. The fraction of sp³-hybridized carbons (Fsp3) is 1.00. The molecule has 0 aromatic carbocycles. The Hall–Kier alpha value is -1.16. The van der Waals surface area contributed by atoms with E-state index in [-0.39, 0.29) is 0 Å². The Morgan fingerprint density at radius 3 is 1.03 bits per heavy atom. The Balaban J connectivity index is 2.19. The molecule has 0 aromatic rings. The number of nitrogens with zero attached hydrogens (tertiary/aromatic N) is 7. The number of hydrogen-bond acceptors (Lipinski definition) is 22. The van der Waals surface area contributed by atoms with Gasteiger partial charge in [0.25, 0.3) is 13.5 Å². The Labute approximate surface area is 167 Å². The van der Waals surface area contributed by atoms with Gasteiger partial charge in [0.15, 0.2) is 29.6 Å². The van der Waals surface area contributed by atoms with E-state index in [1.54, 1.807) is 0 Å². The van der Waals surface area contributed by atoms with Crippen molar-refractivity contribution >= 4 is 0 Å². The summed E-state index contributed by atoms with van der Waals surface area (Å²) in [4.78, 5) is 53.9. The minimum atomic E-state index is -2.32. The summed E-state index contributed by atoms with van der Waals surface area (Å²) in [6.45, 7) is -1.94. The van der Waals surface area contributed by atoms with Gasteiger partial charge >= 0.3 is 25.4 Å². The molecule has 3 rings (SSSR count). The molecule has 3 heterocycles. The van der Waals surface area contributed by atoms with Crippen molar-refractivity contribution in [2.75, 3.05) is 13.5 Å². The number of quaternary nitrogens is 7. The molecule has 0 aromatic heterocycles. The summed E-state index contributed by atoms with van der Waals surface area (Å²) >= 11 is 0. The van der Waals surface area contributed by atoms with Gasteiger partial charge < -0.3 is 0 Å². The van der Waals surface area contributed by atoms with E-state index in [0.29, 0.717) is 0 Å². The number of hydroxylamine groups is 4. The highest BCUT2D eigenvalue weighted by atomic mass is 17.7. The summed E-state index contributed by atoms with van der Waals surface area (Å²) in [6, 6.07) is 0. The average Bonchev–Trinajstić information content (AvgIpc) is 2.48. The van der Waals surface area contributed by atoms with Crippen molar-refractivity contribution in [3.8, 4) is 0 Å². The molecule has 3 aliphatic heterocycles. The maximum absolute atomic E-state index is 5.78. The molecule has 4 bridgehead atoms. The van der Waals surface area contributed by atoms with Crippen LogP contribution in [0, 0.1) is 0 Å². The summed E-state index contributed by atoms with van der Waals surface area (Å²) in [6.07, 6.45) is 0. The van der Waals surface area contributed by atoms with Gasteiger partial charge in [-0.2, -0.15) is 5.90 Å². The van der Waals surface area contributed by atoms with Crippen LogP contribution in [0.15, 0.2) is 0 Å². The van der Waals surface area contributed by atoms with E-state index in [1.807, 2.05) is 0 Å². The molecule has 0 radical (unpaired) electrons. The lowest BCUT2D eigenvalue weighted by Crippen LogP contribution is -2.89. The average molecular weight is 478 g/mol. The van der Waals surface area contributed by atoms with Gasteiger partial charge in [0, 0.05) is 0 Å². The van der Waals surface area contributed by atoms with Crippen molar-refractivity contribution in [1.29, 1.82) is 0 Å². The van der Waals surface area contributed by atoms with Crippen LogP contribution in [0.3, 0.4) is 0 Å². The van der Waals surface area contributed by atoms with E-state index < -0.39 is 48.7 Å². The third-order valence-electron chi connectivity index (χ3n) is 2.80. The molecule has 0 saturated carbocycles. The zero-order valence-corrected chi connectivity index (χ0v) is 15.2. The summed E-state index contributed by atoms with van der Waals surface area (Å²) in [7, 11) is 0. The quantitative estimate of drug-likeness (QED) is 0.0994. The van der Waals surface area contributed by atoms with Crippen molar-refractivity contribution in [2.45, 2.75) is 0 Å². The lowest BCUT2D eigenvalue weighted by molar-refractivity contribution is -1.87. The van der Waals surface area contributed by atoms with Crippen LogP contribution in [0.4, 0.5) is 0 Å². The van der Waals surface area contributed by atoms with Gasteiger partial charge in [0.05, 0.1) is 0 Å². The van der Waals surface area contributed by atoms with Gasteiger partial charge in [-0.15, -0.1) is 11.7 Å².